The fourth-order valence-corrected chi connectivity index (χ4v) is 4.66. The molecule has 0 atom stereocenters. The van der Waals surface area contributed by atoms with E-state index in [9.17, 15) is 13.2 Å². The maximum atomic E-state index is 13.2. The molecular formula is C23H19N5O5S. The van der Waals surface area contributed by atoms with Crippen LogP contribution in [0.15, 0.2) is 68.8 Å². The van der Waals surface area contributed by atoms with Crippen molar-refractivity contribution >= 4 is 15.7 Å². The van der Waals surface area contributed by atoms with Crippen LogP contribution in [0.5, 0.6) is 5.75 Å². The molecule has 2 aromatic carbocycles. The number of nitrogens with zero attached hydrogens (tertiary/aromatic N) is 4. The van der Waals surface area contributed by atoms with Crippen molar-refractivity contribution < 1.29 is 17.7 Å². The molecule has 0 unspecified atom stereocenters. The number of hydrogen-bond acceptors (Lipinski definition) is 8. The van der Waals surface area contributed by atoms with Gasteiger partial charge in [0.2, 0.25) is 0 Å². The molecule has 0 saturated carbocycles. The second kappa shape index (κ2) is 8.84. The molecule has 1 N–H and O–H groups in total. The van der Waals surface area contributed by atoms with E-state index in [4.69, 9.17) is 14.5 Å². The lowest BCUT2D eigenvalue weighted by Gasteiger charge is -2.14. The summed E-state index contributed by atoms with van der Waals surface area (Å²) >= 11 is 0. The Bertz CT molecular complexity index is 1580. The average molecular weight is 478 g/mol. The van der Waals surface area contributed by atoms with E-state index in [2.05, 4.69) is 15.0 Å². The number of sulfonamides is 1. The molecule has 0 fully saturated rings. The van der Waals surface area contributed by atoms with Gasteiger partial charge in [0.1, 0.15) is 22.0 Å². The minimum absolute atomic E-state index is 0.117. The summed E-state index contributed by atoms with van der Waals surface area (Å²) in [5.74, 6) is 0.540. The van der Waals surface area contributed by atoms with Crippen molar-refractivity contribution in [2.24, 2.45) is 0 Å². The van der Waals surface area contributed by atoms with Crippen molar-refractivity contribution in [1.82, 2.24) is 14.9 Å². The van der Waals surface area contributed by atoms with Gasteiger partial charge < -0.3 is 9.26 Å². The Balaban J connectivity index is 1.80. The zero-order valence-electron chi connectivity index (χ0n) is 18.4. The summed E-state index contributed by atoms with van der Waals surface area (Å²) in [4.78, 5) is 12.3. The summed E-state index contributed by atoms with van der Waals surface area (Å²) in [7, 11) is -2.73. The number of benzene rings is 2. The standard InChI is InChI=1S/C23H19N5O5S/c1-14-23(15(2)33-26-14)28-22(29)10-8-19(25-28)17-7-9-20(32-3)21(12-17)34(30,31)27-18-6-4-5-16(11-18)13-24/h4-12,27H,1-3H3. The molecule has 0 saturated heterocycles. The van der Waals surface area contributed by atoms with Crippen LogP contribution < -0.4 is 15.0 Å². The molecule has 0 radical (unpaired) electrons. The maximum Gasteiger partial charge on any atom is 0.271 e. The van der Waals surface area contributed by atoms with E-state index in [0.717, 1.165) is 0 Å². The Morgan fingerprint density at radius 3 is 2.59 bits per heavy atom. The molecule has 11 heteroatoms. The number of hydrogen-bond donors (Lipinski definition) is 1. The van der Waals surface area contributed by atoms with Crippen molar-refractivity contribution in [2.45, 2.75) is 18.7 Å². The lowest BCUT2D eigenvalue weighted by Crippen LogP contribution is -2.21. The van der Waals surface area contributed by atoms with E-state index < -0.39 is 15.6 Å². The van der Waals surface area contributed by atoms with E-state index >= 15 is 0 Å². The summed E-state index contributed by atoms with van der Waals surface area (Å²) in [5, 5.41) is 17.3. The van der Waals surface area contributed by atoms with Crippen LogP contribution in [-0.2, 0) is 10.0 Å². The van der Waals surface area contributed by atoms with Gasteiger partial charge in [0.15, 0.2) is 5.76 Å². The van der Waals surface area contributed by atoms with Gasteiger partial charge in [-0.25, -0.2) is 8.42 Å². The normalized spacial score (nSPS) is 11.1. The van der Waals surface area contributed by atoms with Gasteiger partial charge in [0.05, 0.1) is 30.1 Å². The predicted octanol–water partition coefficient (Wildman–Crippen LogP) is 3.19. The Kier molecular flexibility index (Phi) is 5.91. The highest BCUT2D eigenvalue weighted by Gasteiger charge is 2.22. The lowest BCUT2D eigenvalue weighted by molar-refractivity contribution is 0.392. The Hall–Kier alpha value is -4.43. The topological polar surface area (TPSA) is 140 Å². The average Bonchev–Trinajstić information content (AvgIpc) is 3.16. The van der Waals surface area contributed by atoms with Gasteiger partial charge in [-0.3, -0.25) is 9.52 Å². The van der Waals surface area contributed by atoms with Gasteiger partial charge in [-0.15, -0.1) is 0 Å². The van der Waals surface area contributed by atoms with Crippen LogP contribution in [0.3, 0.4) is 0 Å². The molecule has 10 nitrogen and oxygen atoms in total. The molecule has 172 valence electrons. The van der Waals surface area contributed by atoms with E-state index in [-0.39, 0.29) is 16.3 Å². The molecule has 0 amide bonds. The van der Waals surface area contributed by atoms with Crippen molar-refractivity contribution in [3.05, 3.63) is 82.0 Å². The Labute approximate surface area is 195 Å². The fourth-order valence-electron chi connectivity index (χ4n) is 3.41. The lowest BCUT2D eigenvalue weighted by atomic mass is 10.1. The van der Waals surface area contributed by atoms with Crippen LogP contribution in [0.4, 0.5) is 5.69 Å². The molecule has 4 rings (SSSR count). The van der Waals surface area contributed by atoms with Crippen LogP contribution in [0.25, 0.3) is 16.9 Å². The van der Waals surface area contributed by atoms with Gasteiger partial charge in [0.25, 0.3) is 15.6 Å². The number of rotatable bonds is 6. The first-order chi connectivity index (χ1) is 16.2. The largest absolute Gasteiger partial charge is 0.495 e. The SMILES string of the molecule is COc1ccc(-c2ccc(=O)n(-c3c(C)noc3C)n2)cc1S(=O)(=O)Nc1cccc(C#N)c1. The predicted molar refractivity (Wildman–Crippen MR) is 123 cm³/mol. The monoisotopic (exact) mass is 477 g/mol. The molecule has 0 spiro atoms. The van der Waals surface area contributed by atoms with E-state index in [1.54, 1.807) is 32.0 Å². The third-order valence-corrected chi connectivity index (χ3v) is 6.40. The molecule has 34 heavy (non-hydrogen) atoms. The number of methoxy groups -OCH3 is 1. The smallest absolute Gasteiger partial charge is 0.271 e. The van der Waals surface area contributed by atoms with Crippen LogP contribution in [-0.4, -0.2) is 30.5 Å². The van der Waals surface area contributed by atoms with E-state index in [1.165, 1.54) is 48.2 Å². The summed E-state index contributed by atoms with van der Waals surface area (Å²) in [6.45, 7) is 3.36. The molecule has 2 heterocycles. The molecule has 0 aliphatic rings. The third kappa shape index (κ3) is 4.26. The number of nitriles is 1. The van der Waals surface area contributed by atoms with Gasteiger partial charge in [-0.1, -0.05) is 11.2 Å². The summed E-state index contributed by atoms with van der Waals surface area (Å²) in [6, 6.07) is 15.4. The first-order valence-electron chi connectivity index (χ1n) is 9.98. The van der Waals surface area contributed by atoms with E-state index in [0.29, 0.717) is 34.0 Å². The minimum atomic E-state index is -4.09. The quantitative estimate of drug-likeness (QED) is 0.446. The van der Waals surface area contributed by atoms with Crippen LogP contribution in [0.2, 0.25) is 0 Å². The molecule has 4 aromatic rings. The van der Waals surface area contributed by atoms with Gasteiger partial charge in [0, 0.05) is 11.6 Å². The molecule has 0 aliphatic heterocycles. The second-order valence-corrected chi connectivity index (χ2v) is 8.96. The van der Waals surface area contributed by atoms with Gasteiger partial charge >= 0.3 is 0 Å². The van der Waals surface area contributed by atoms with Crippen molar-refractivity contribution in [2.75, 3.05) is 11.8 Å². The zero-order valence-corrected chi connectivity index (χ0v) is 19.3. The molecule has 2 aromatic heterocycles. The molecule has 0 aliphatic carbocycles. The van der Waals surface area contributed by atoms with Gasteiger partial charge in [-0.2, -0.15) is 15.0 Å². The first-order valence-corrected chi connectivity index (χ1v) is 11.5. The fraction of sp³-hybridized carbons (Fsp3) is 0.130. The number of aryl methyl sites for hydroxylation is 2. The molecule has 0 bridgehead atoms. The summed E-state index contributed by atoms with van der Waals surface area (Å²) < 4.78 is 40.4. The van der Waals surface area contributed by atoms with Crippen molar-refractivity contribution in [1.29, 1.82) is 5.26 Å². The van der Waals surface area contributed by atoms with E-state index in [1.807, 2.05) is 6.07 Å². The maximum absolute atomic E-state index is 13.2. The summed E-state index contributed by atoms with van der Waals surface area (Å²) in [5.41, 5.74) is 1.86. The van der Waals surface area contributed by atoms with Crippen LogP contribution >= 0.6 is 0 Å². The highest BCUT2D eigenvalue weighted by Crippen LogP contribution is 2.31. The van der Waals surface area contributed by atoms with Crippen molar-refractivity contribution in [3.63, 3.8) is 0 Å². The number of aromatic nitrogens is 3. The highest BCUT2D eigenvalue weighted by molar-refractivity contribution is 7.92. The highest BCUT2D eigenvalue weighted by atomic mass is 32.2. The van der Waals surface area contributed by atoms with Crippen LogP contribution in [0.1, 0.15) is 17.0 Å². The first kappa shape index (κ1) is 22.8. The Morgan fingerprint density at radius 2 is 1.91 bits per heavy atom. The minimum Gasteiger partial charge on any atom is -0.495 e. The number of anilines is 1. The number of nitrogens with one attached hydrogen (secondary N) is 1. The van der Waals surface area contributed by atoms with Crippen molar-refractivity contribution in [3.8, 4) is 28.8 Å². The summed E-state index contributed by atoms with van der Waals surface area (Å²) in [6.07, 6.45) is 0. The number of ether oxygens (including phenoxy) is 1. The second-order valence-electron chi connectivity index (χ2n) is 7.31. The molecular weight excluding hydrogens is 458 g/mol. The third-order valence-electron chi connectivity index (χ3n) is 5.00. The van der Waals surface area contributed by atoms with Crippen LogP contribution in [0, 0.1) is 25.2 Å². The van der Waals surface area contributed by atoms with Gasteiger partial charge in [-0.05, 0) is 56.3 Å². The zero-order chi connectivity index (χ0) is 24.5. The Morgan fingerprint density at radius 1 is 1.12 bits per heavy atom.